The first-order valence-electron chi connectivity index (χ1n) is 8.20. The van der Waals surface area contributed by atoms with Crippen molar-refractivity contribution in [2.75, 3.05) is 6.54 Å². The van der Waals surface area contributed by atoms with Gasteiger partial charge in [-0.05, 0) is 25.0 Å². The molecule has 1 unspecified atom stereocenters. The molecule has 4 rings (SSSR count). The first kappa shape index (κ1) is 16.8. The van der Waals surface area contributed by atoms with Gasteiger partial charge in [-0.1, -0.05) is 12.1 Å². The minimum atomic E-state index is -3.98. The van der Waals surface area contributed by atoms with E-state index in [9.17, 15) is 13.2 Å². The summed E-state index contributed by atoms with van der Waals surface area (Å²) in [6, 6.07) is 8.80. The van der Waals surface area contributed by atoms with E-state index in [1.807, 2.05) is 35.9 Å². The number of fused-ring (bicyclic) bond motifs is 1. The van der Waals surface area contributed by atoms with E-state index in [4.69, 9.17) is 14.5 Å². The topological polar surface area (TPSA) is 111 Å². The molecule has 1 saturated heterocycles. The van der Waals surface area contributed by atoms with Crippen molar-refractivity contribution >= 4 is 27.0 Å². The molecule has 1 aromatic carbocycles. The van der Waals surface area contributed by atoms with Crippen LogP contribution in [0.25, 0.3) is 11.0 Å². The van der Waals surface area contributed by atoms with E-state index in [-0.39, 0.29) is 17.5 Å². The molecule has 0 bridgehead atoms. The Hall–Kier alpha value is -2.65. The molecule has 0 spiro atoms. The molecule has 0 aliphatic carbocycles. The van der Waals surface area contributed by atoms with Crippen LogP contribution in [0.1, 0.15) is 35.1 Å². The van der Waals surface area contributed by atoms with Crippen LogP contribution in [0, 0.1) is 0 Å². The second-order valence-electron chi connectivity index (χ2n) is 6.37. The number of hydrogen-bond acceptors (Lipinski definition) is 5. The fourth-order valence-corrected chi connectivity index (χ4v) is 3.96. The second-order valence-corrected chi connectivity index (χ2v) is 7.87. The lowest BCUT2D eigenvalue weighted by molar-refractivity contribution is 0.0727. The molecular weight excluding hydrogens is 356 g/mol. The largest absolute Gasteiger partial charge is 0.451 e. The highest BCUT2D eigenvalue weighted by Gasteiger charge is 2.34. The Morgan fingerprint density at radius 2 is 2.12 bits per heavy atom. The van der Waals surface area contributed by atoms with Gasteiger partial charge in [0.15, 0.2) is 0 Å². The first-order valence-corrected chi connectivity index (χ1v) is 9.74. The van der Waals surface area contributed by atoms with Crippen LogP contribution in [0.15, 0.2) is 46.1 Å². The van der Waals surface area contributed by atoms with Crippen LogP contribution in [0.4, 0.5) is 0 Å². The molecule has 1 aliphatic rings. The zero-order valence-electron chi connectivity index (χ0n) is 14.1. The number of para-hydroxylation sites is 2. The number of furan rings is 1. The van der Waals surface area contributed by atoms with Crippen molar-refractivity contribution in [1.29, 1.82) is 0 Å². The van der Waals surface area contributed by atoms with Crippen LogP contribution in [0.2, 0.25) is 0 Å². The number of hydrogen-bond donors (Lipinski definition) is 1. The highest BCUT2D eigenvalue weighted by molar-refractivity contribution is 7.89. The first-order chi connectivity index (χ1) is 12.4. The Labute approximate surface area is 150 Å². The third kappa shape index (κ3) is 2.69. The van der Waals surface area contributed by atoms with Gasteiger partial charge in [-0.25, -0.2) is 18.5 Å². The summed E-state index contributed by atoms with van der Waals surface area (Å²) in [6.45, 7) is 0.572. The molecule has 0 radical (unpaired) electrons. The number of carbonyl (C=O) groups excluding carboxylic acids is 1. The summed E-state index contributed by atoms with van der Waals surface area (Å²) in [5, 5.41) is 4.63. The molecule has 3 heterocycles. The summed E-state index contributed by atoms with van der Waals surface area (Å²) in [5.41, 5.74) is 2.05. The quantitative estimate of drug-likeness (QED) is 0.751. The predicted molar refractivity (Wildman–Crippen MR) is 93.8 cm³/mol. The van der Waals surface area contributed by atoms with Gasteiger partial charge in [-0.3, -0.25) is 4.79 Å². The summed E-state index contributed by atoms with van der Waals surface area (Å²) in [4.78, 5) is 19.3. The van der Waals surface area contributed by atoms with Crippen molar-refractivity contribution in [3.05, 3.63) is 48.0 Å². The van der Waals surface area contributed by atoms with Gasteiger partial charge in [0.25, 0.3) is 15.9 Å². The van der Waals surface area contributed by atoms with Crippen molar-refractivity contribution in [3.8, 4) is 0 Å². The van der Waals surface area contributed by atoms with Crippen LogP contribution < -0.4 is 5.14 Å². The van der Waals surface area contributed by atoms with Crippen LogP contribution in [-0.2, 0) is 17.1 Å². The number of sulfonamides is 1. The molecule has 8 nitrogen and oxygen atoms in total. The average Bonchev–Trinajstić information content (AvgIpc) is 3.32. The van der Waals surface area contributed by atoms with Crippen molar-refractivity contribution in [2.24, 2.45) is 12.2 Å². The number of amides is 1. The summed E-state index contributed by atoms with van der Waals surface area (Å²) in [7, 11) is -2.05. The number of aryl methyl sites for hydroxylation is 1. The van der Waals surface area contributed by atoms with E-state index >= 15 is 0 Å². The number of rotatable bonds is 3. The van der Waals surface area contributed by atoms with Gasteiger partial charge in [0.05, 0.1) is 22.6 Å². The van der Waals surface area contributed by atoms with Crippen molar-refractivity contribution in [3.63, 3.8) is 0 Å². The van der Waals surface area contributed by atoms with E-state index in [0.29, 0.717) is 6.54 Å². The Balaban J connectivity index is 1.69. The smallest absolute Gasteiger partial charge is 0.271 e. The molecule has 136 valence electrons. The lowest BCUT2D eigenvalue weighted by Gasteiger charge is -2.23. The maximum atomic E-state index is 12.9. The zero-order chi connectivity index (χ0) is 18.5. The van der Waals surface area contributed by atoms with Gasteiger partial charge in [0.2, 0.25) is 5.09 Å². The zero-order valence-corrected chi connectivity index (χ0v) is 14.9. The van der Waals surface area contributed by atoms with Crippen LogP contribution in [0.5, 0.6) is 0 Å². The van der Waals surface area contributed by atoms with Crippen LogP contribution >= 0.6 is 0 Å². The van der Waals surface area contributed by atoms with Gasteiger partial charge in [-0.2, -0.15) is 0 Å². The number of benzene rings is 1. The Morgan fingerprint density at radius 1 is 1.35 bits per heavy atom. The fraction of sp³-hybridized carbons (Fsp3) is 0.294. The molecule has 1 fully saturated rings. The number of nitrogens with two attached hydrogens (primary N) is 1. The van der Waals surface area contributed by atoms with Crippen molar-refractivity contribution < 1.29 is 17.6 Å². The normalized spacial score (nSPS) is 17.9. The summed E-state index contributed by atoms with van der Waals surface area (Å²) >= 11 is 0. The van der Waals surface area contributed by atoms with Crippen LogP contribution in [0.3, 0.4) is 0 Å². The highest BCUT2D eigenvalue weighted by atomic mass is 32.2. The average molecular weight is 374 g/mol. The number of aromatic nitrogens is 2. The summed E-state index contributed by atoms with van der Waals surface area (Å²) < 4.78 is 29.7. The van der Waals surface area contributed by atoms with Crippen LogP contribution in [-0.4, -0.2) is 35.3 Å². The number of nitrogens with zero attached hydrogens (tertiary/aromatic N) is 3. The summed E-state index contributed by atoms with van der Waals surface area (Å²) in [6.07, 6.45) is 2.77. The number of likely N-dealkylation sites (tertiary alicyclic amines) is 1. The molecule has 1 amide bonds. The molecule has 0 saturated carbocycles. The molecule has 2 aromatic heterocycles. The lowest BCUT2D eigenvalue weighted by atomic mass is 10.2. The van der Waals surface area contributed by atoms with Gasteiger partial charge < -0.3 is 13.9 Å². The molecule has 1 aliphatic heterocycles. The monoisotopic (exact) mass is 374 g/mol. The number of carbonyl (C=O) groups is 1. The lowest BCUT2D eigenvalue weighted by Crippen LogP contribution is -2.31. The third-order valence-electron chi connectivity index (χ3n) is 4.74. The van der Waals surface area contributed by atoms with Gasteiger partial charge >= 0.3 is 0 Å². The number of primary sulfonamides is 1. The molecular formula is C17H18N4O4S. The van der Waals surface area contributed by atoms with E-state index < -0.39 is 15.1 Å². The van der Waals surface area contributed by atoms with Gasteiger partial charge in [0, 0.05) is 19.7 Å². The van der Waals surface area contributed by atoms with Gasteiger partial charge in [-0.15, -0.1) is 0 Å². The van der Waals surface area contributed by atoms with E-state index in [2.05, 4.69) is 0 Å². The third-order valence-corrected chi connectivity index (χ3v) is 5.51. The Kier molecular flexibility index (Phi) is 3.85. The second kappa shape index (κ2) is 5.96. The van der Waals surface area contributed by atoms with Crippen molar-refractivity contribution in [2.45, 2.75) is 24.0 Å². The highest BCUT2D eigenvalue weighted by Crippen LogP contribution is 2.34. The molecule has 9 heteroatoms. The minimum absolute atomic E-state index is 0.166. The fourth-order valence-electron chi connectivity index (χ4n) is 3.48. The maximum Gasteiger partial charge on any atom is 0.271 e. The Morgan fingerprint density at radius 3 is 2.81 bits per heavy atom. The molecule has 2 N–H and O–H groups in total. The maximum absolute atomic E-state index is 12.9. The Bertz CT molecular complexity index is 1100. The molecule has 26 heavy (non-hydrogen) atoms. The molecule has 1 atom stereocenters. The number of imidazole rings is 1. The van der Waals surface area contributed by atoms with Gasteiger partial charge in [0.1, 0.15) is 12.1 Å². The van der Waals surface area contributed by atoms with E-state index in [0.717, 1.165) is 36.0 Å². The standard InChI is InChI=1S/C17H18N4O4S/c1-20-13-6-3-2-5-12(13)19-16(20)14-7-4-8-21(14)17(22)11-9-15(25-10-11)26(18,23)24/h2-3,5-6,9-10,14H,4,7-8H2,1H3,(H2,18,23,24). The summed E-state index contributed by atoms with van der Waals surface area (Å²) in [5.74, 6) is 0.519. The molecule has 3 aromatic rings. The predicted octanol–water partition coefficient (Wildman–Crippen LogP) is 1.79. The SMILES string of the molecule is Cn1c(C2CCCN2C(=O)c2coc(S(N)(=O)=O)c2)nc2ccccc21. The van der Waals surface area contributed by atoms with E-state index in [1.54, 1.807) is 4.90 Å². The minimum Gasteiger partial charge on any atom is -0.451 e. The van der Waals surface area contributed by atoms with Crippen molar-refractivity contribution in [1.82, 2.24) is 14.5 Å². The van der Waals surface area contributed by atoms with E-state index in [1.165, 1.54) is 6.07 Å².